The fourth-order valence-electron chi connectivity index (χ4n) is 3.19. The fourth-order valence-corrected chi connectivity index (χ4v) is 3.19. The number of hydrogen-bond donors (Lipinski definition) is 1. The smallest absolute Gasteiger partial charge is 0.413 e. The number of carbonyl (C=O) groups is 2. The van der Waals surface area contributed by atoms with E-state index in [4.69, 9.17) is 4.74 Å². The summed E-state index contributed by atoms with van der Waals surface area (Å²) < 4.78 is 5.23. The van der Waals surface area contributed by atoms with E-state index < -0.39 is 11.7 Å². The number of aromatic nitrogens is 1. The van der Waals surface area contributed by atoms with Crippen LogP contribution < -0.4 is 5.32 Å². The van der Waals surface area contributed by atoms with Crippen molar-refractivity contribution >= 4 is 17.8 Å². The zero-order valence-corrected chi connectivity index (χ0v) is 15.9. The van der Waals surface area contributed by atoms with Crippen molar-refractivity contribution in [3.05, 3.63) is 59.8 Å². The molecule has 0 radical (unpaired) electrons. The van der Waals surface area contributed by atoms with E-state index in [1.807, 2.05) is 62.1 Å². The van der Waals surface area contributed by atoms with Gasteiger partial charge in [0.2, 0.25) is 0 Å². The molecule has 1 aliphatic heterocycles. The zero-order chi connectivity index (χ0) is 19.4. The van der Waals surface area contributed by atoms with E-state index in [0.29, 0.717) is 11.4 Å². The number of benzene rings is 1. The molecule has 1 fully saturated rings. The standard InChI is InChI=1S/C21H25N3O3/c1-21(2,3)27-20(26)23-18-12-11-16(14-22-18)17-10-7-13-24(17)19(25)15-8-5-4-6-9-15/h4-6,8-9,11-12,14,17H,7,10,13H2,1-3H3,(H,22,23,26). The molecular weight excluding hydrogens is 342 g/mol. The van der Waals surface area contributed by atoms with Gasteiger partial charge in [-0.3, -0.25) is 10.1 Å². The number of amides is 2. The Balaban J connectivity index is 1.69. The van der Waals surface area contributed by atoms with E-state index in [9.17, 15) is 9.59 Å². The Bertz CT molecular complexity index is 798. The van der Waals surface area contributed by atoms with Gasteiger partial charge in [-0.1, -0.05) is 24.3 Å². The van der Waals surface area contributed by atoms with Crippen molar-refractivity contribution in [1.82, 2.24) is 9.88 Å². The Morgan fingerprint density at radius 1 is 1.15 bits per heavy atom. The van der Waals surface area contributed by atoms with Gasteiger partial charge in [0.1, 0.15) is 11.4 Å². The largest absolute Gasteiger partial charge is 0.444 e. The number of pyridine rings is 1. The van der Waals surface area contributed by atoms with E-state index in [1.165, 1.54) is 0 Å². The second kappa shape index (κ2) is 7.78. The van der Waals surface area contributed by atoms with Crippen molar-refractivity contribution in [3.63, 3.8) is 0 Å². The fraction of sp³-hybridized carbons (Fsp3) is 0.381. The lowest BCUT2D eigenvalue weighted by Crippen LogP contribution is -2.30. The van der Waals surface area contributed by atoms with Crippen LogP contribution in [0.2, 0.25) is 0 Å². The summed E-state index contributed by atoms with van der Waals surface area (Å²) in [6.07, 6.45) is 3.04. The summed E-state index contributed by atoms with van der Waals surface area (Å²) in [4.78, 5) is 30.9. The topological polar surface area (TPSA) is 71.5 Å². The highest BCUT2D eigenvalue weighted by Crippen LogP contribution is 2.33. The molecule has 6 nitrogen and oxygen atoms in total. The molecule has 142 valence electrons. The molecule has 2 amide bonds. The molecule has 0 aliphatic carbocycles. The van der Waals surface area contributed by atoms with Gasteiger partial charge >= 0.3 is 6.09 Å². The highest BCUT2D eigenvalue weighted by molar-refractivity contribution is 5.94. The number of likely N-dealkylation sites (tertiary alicyclic amines) is 1. The molecule has 1 unspecified atom stereocenters. The maximum absolute atomic E-state index is 12.8. The first-order chi connectivity index (χ1) is 12.8. The number of anilines is 1. The number of nitrogens with zero attached hydrogens (tertiary/aromatic N) is 2. The molecule has 1 saturated heterocycles. The Labute approximate surface area is 159 Å². The van der Waals surface area contributed by atoms with Crippen molar-refractivity contribution in [3.8, 4) is 0 Å². The van der Waals surface area contributed by atoms with Crippen LogP contribution in [0.15, 0.2) is 48.7 Å². The predicted molar refractivity (Wildman–Crippen MR) is 104 cm³/mol. The highest BCUT2D eigenvalue weighted by Gasteiger charge is 2.30. The minimum atomic E-state index is -0.563. The van der Waals surface area contributed by atoms with Gasteiger partial charge < -0.3 is 9.64 Å². The number of hydrogen-bond acceptors (Lipinski definition) is 4. The first kappa shape index (κ1) is 18.9. The van der Waals surface area contributed by atoms with Gasteiger partial charge in [-0.05, 0) is 57.4 Å². The molecule has 3 rings (SSSR count). The van der Waals surface area contributed by atoms with Crippen molar-refractivity contribution in [2.24, 2.45) is 0 Å². The summed E-state index contributed by atoms with van der Waals surface area (Å²) >= 11 is 0. The van der Waals surface area contributed by atoms with Gasteiger partial charge in [0, 0.05) is 18.3 Å². The molecular formula is C21H25N3O3. The van der Waals surface area contributed by atoms with Crippen molar-refractivity contribution in [2.75, 3.05) is 11.9 Å². The first-order valence-electron chi connectivity index (χ1n) is 9.15. The van der Waals surface area contributed by atoms with Crippen LogP contribution in [-0.2, 0) is 4.74 Å². The normalized spacial score (nSPS) is 16.9. The highest BCUT2D eigenvalue weighted by atomic mass is 16.6. The Morgan fingerprint density at radius 2 is 1.89 bits per heavy atom. The third-order valence-electron chi connectivity index (χ3n) is 4.33. The average molecular weight is 367 g/mol. The first-order valence-corrected chi connectivity index (χ1v) is 9.15. The minimum absolute atomic E-state index is 0.000725. The van der Waals surface area contributed by atoms with Gasteiger partial charge in [-0.15, -0.1) is 0 Å². The lowest BCUT2D eigenvalue weighted by molar-refractivity contribution is 0.0634. The Hall–Kier alpha value is -2.89. The van der Waals surface area contributed by atoms with Crippen LogP contribution in [0.1, 0.15) is 55.6 Å². The van der Waals surface area contributed by atoms with Crippen LogP contribution in [0, 0.1) is 0 Å². The van der Waals surface area contributed by atoms with Crippen LogP contribution in [-0.4, -0.2) is 34.0 Å². The summed E-state index contributed by atoms with van der Waals surface area (Å²) in [5, 5.41) is 2.62. The van der Waals surface area contributed by atoms with Crippen molar-refractivity contribution in [1.29, 1.82) is 0 Å². The van der Waals surface area contributed by atoms with Gasteiger partial charge in [-0.25, -0.2) is 9.78 Å². The van der Waals surface area contributed by atoms with Gasteiger partial charge in [0.15, 0.2) is 0 Å². The zero-order valence-electron chi connectivity index (χ0n) is 15.9. The van der Waals surface area contributed by atoms with Crippen LogP contribution in [0.25, 0.3) is 0 Å². The maximum atomic E-state index is 12.8. The minimum Gasteiger partial charge on any atom is -0.444 e. The summed E-state index contributed by atoms with van der Waals surface area (Å²) in [6, 6.07) is 13.0. The lowest BCUT2D eigenvalue weighted by atomic mass is 10.1. The molecule has 2 aromatic rings. The molecule has 2 heterocycles. The number of ether oxygens (including phenoxy) is 1. The van der Waals surface area contributed by atoms with Crippen molar-refractivity contribution in [2.45, 2.75) is 45.3 Å². The third kappa shape index (κ3) is 4.84. The molecule has 1 aliphatic rings. The Kier molecular flexibility index (Phi) is 5.44. The summed E-state index contributed by atoms with van der Waals surface area (Å²) in [6.45, 7) is 6.15. The lowest BCUT2D eigenvalue weighted by Gasteiger charge is -2.25. The number of carbonyl (C=O) groups excluding carboxylic acids is 2. The van der Waals surface area contributed by atoms with Gasteiger partial charge in [0.05, 0.1) is 6.04 Å². The quantitative estimate of drug-likeness (QED) is 0.872. The molecule has 6 heteroatoms. The SMILES string of the molecule is CC(C)(C)OC(=O)Nc1ccc(C2CCCN2C(=O)c2ccccc2)cn1. The molecule has 1 atom stereocenters. The molecule has 0 saturated carbocycles. The van der Waals surface area contributed by atoms with Gasteiger partial charge in [-0.2, -0.15) is 0 Å². The number of nitrogens with one attached hydrogen (secondary N) is 1. The Morgan fingerprint density at radius 3 is 2.52 bits per heavy atom. The average Bonchev–Trinajstić information content (AvgIpc) is 3.10. The van der Waals surface area contributed by atoms with Crippen LogP contribution >= 0.6 is 0 Å². The monoisotopic (exact) mass is 367 g/mol. The van der Waals surface area contributed by atoms with Gasteiger partial charge in [0.25, 0.3) is 5.91 Å². The molecule has 0 bridgehead atoms. The van der Waals surface area contributed by atoms with E-state index in [-0.39, 0.29) is 11.9 Å². The molecule has 1 aromatic heterocycles. The summed E-state index contributed by atoms with van der Waals surface area (Å²) in [5.74, 6) is 0.459. The third-order valence-corrected chi connectivity index (χ3v) is 4.33. The van der Waals surface area contributed by atoms with E-state index in [1.54, 1.807) is 12.3 Å². The second-order valence-corrected chi connectivity index (χ2v) is 7.63. The van der Waals surface area contributed by atoms with E-state index in [2.05, 4.69) is 10.3 Å². The summed E-state index contributed by atoms with van der Waals surface area (Å²) in [7, 11) is 0. The van der Waals surface area contributed by atoms with E-state index in [0.717, 1.165) is 24.9 Å². The van der Waals surface area contributed by atoms with Crippen LogP contribution in [0.3, 0.4) is 0 Å². The van der Waals surface area contributed by atoms with Crippen molar-refractivity contribution < 1.29 is 14.3 Å². The van der Waals surface area contributed by atoms with Crippen LogP contribution in [0.4, 0.5) is 10.6 Å². The molecule has 1 aromatic carbocycles. The molecule has 27 heavy (non-hydrogen) atoms. The molecule has 0 spiro atoms. The van der Waals surface area contributed by atoms with E-state index >= 15 is 0 Å². The summed E-state index contributed by atoms with van der Waals surface area (Å²) in [5.41, 5.74) is 1.10. The maximum Gasteiger partial charge on any atom is 0.413 e. The second-order valence-electron chi connectivity index (χ2n) is 7.63. The molecule has 1 N–H and O–H groups in total. The number of rotatable bonds is 3. The van der Waals surface area contributed by atoms with Crippen LogP contribution in [0.5, 0.6) is 0 Å². The predicted octanol–water partition coefficient (Wildman–Crippen LogP) is 4.41.